The Balaban J connectivity index is 2.29. The van der Waals surface area contributed by atoms with Crippen LogP contribution in [0.3, 0.4) is 0 Å². The fraction of sp³-hybridized carbons (Fsp3) is 0.455. The number of aromatic nitrogens is 4. The number of hydrogen-bond acceptors (Lipinski definition) is 7. The molecular formula is C11H15N5O2. The van der Waals surface area contributed by atoms with E-state index in [1.165, 1.54) is 7.11 Å². The topological polar surface area (TPSA) is 100.0 Å². The number of nitrogens with two attached hydrogens (primary N) is 1. The van der Waals surface area contributed by atoms with Crippen LogP contribution < -0.4 is 10.5 Å². The highest BCUT2D eigenvalue weighted by atomic mass is 16.5. The van der Waals surface area contributed by atoms with Crippen LogP contribution in [0.15, 0.2) is 16.7 Å². The molecule has 0 aliphatic heterocycles. The van der Waals surface area contributed by atoms with Crippen LogP contribution in [0.2, 0.25) is 0 Å². The number of nitrogens with zero attached hydrogens (tertiary/aromatic N) is 4. The zero-order valence-electron chi connectivity index (χ0n) is 10.5. The normalized spacial score (nSPS) is 14.2. The van der Waals surface area contributed by atoms with Gasteiger partial charge < -0.3 is 15.0 Å². The molecule has 2 aromatic rings. The van der Waals surface area contributed by atoms with Gasteiger partial charge in [0.25, 0.3) is 0 Å². The molecular weight excluding hydrogens is 234 g/mol. The Morgan fingerprint density at radius 2 is 2.17 bits per heavy atom. The lowest BCUT2D eigenvalue weighted by Gasteiger charge is -2.16. The molecule has 0 radical (unpaired) electrons. The summed E-state index contributed by atoms with van der Waals surface area (Å²) in [5.74, 6) is 1.18. The fourth-order valence-electron chi connectivity index (χ4n) is 1.26. The van der Waals surface area contributed by atoms with Gasteiger partial charge in [-0.25, -0.2) is 0 Å². The summed E-state index contributed by atoms with van der Waals surface area (Å²) in [6, 6.07) is 3.39. The lowest BCUT2D eigenvalue weighted by molar-refractivity contribution is 0.291. The zero-order valence-corrected chi connectivity index (χ0v) is 10.5. The minimum atomic E-state index is -0.634. The highest BCUT2D eigenvalue weighted by Gasteiger charge is 2.26. The summed E-state index contributed by atoms with van der Waals surface area (Å²) in [5.41, 5.74) is 5.90. The molecule has 0 aliphatic rings. The summed E-state index contributed by atoms with van der Waals surface area (Å²) in [6.45, 7) is 3.79. The minimum Gasteiger partial charge on any atom is -0.480 e. The summed E-state index contributed by atoms with van der Waals surface area (Å²) in [4.78, 5) is 4.23. The van der Waals surface area contributed by atoms with E-state index in [1.54, 1.807) is 12.1 Å². The van der Waals surface area contributed by atoms with E-state index in [2.05, 4.69) is 20.3 Å². The monoisotopic (exact) mass is 249 g/mol. The molecule has 18 heavy (non-hydrogen) atoms. The average molecular weight is 249 g/mol. The van der Waals surface area contributed by atoms with E-state index in [1.807, 2.05) is 13.8 Å². The van der Waals surface area contributed by atoms with Crippen LogP contribution in [0.4, 0.5) is 0 Å². The molecule has 96 valence electrons. The van der Waals surface area contributed by atoms with Crippen LogP contribution in [0, 0.1) is 0 Å². The highest BCUT2D eigenvalue weighted by Crippen LogP contribution is 2.22. The first-order valence-electron chi connectivity index (χ1n) is 5.58. The molecule has 7 heteroatoms. The first kappa shape index (κ1) is 12.4. The molecule has 2 heterocycles. The van der Waals surface area contributed by atoms with Crippen LogP contribution in [0.25, 0.3) is 11.5 Å². The second-order valence-electron chi connectivity index (χ2n) is 4.16. The van der Waals surface area contributed by atoms with Crippen LogP contribution in [-0.4, -0.2) is 27.4 Å². The van der Waals surface area contributed by atoms with Crippen molar-refractivity contribution < 1.29 is 9.26 Å². The standard InChI is InChI=1S/C11H15N5O2/c1-4-11(2,12)10-13-9(16-18-10)7-5-6-8(17-3)15-14-7/h5-6H,4,12H2,1-3H3. The van der Waals surface area contributed by atoms with Gasteiger partial charge in [0.05, 0.1) is 12.6 Å². The van der Waals surface area contributed by atoms with Crippen molar-refractivity contribution in [2.45, 2.75) is 25.8 Å². The van der Waals surface area contributed by atoms with E-state index >= 15 is 0 Å². The second-order valence-corrected chi connectivity index (χ2v) is 4.16. The molecule has 2 aromatic heterocycles. The van der Waals surface area contributed by atoms with Crippen LogP contribution >= 0.6 is 0 Å². The van der Waals surface area contributed by atoms with Gasteiger partial charge in [0.15, 0.2) is 0 Å². The molecule has 0 fully saturated rings. The fourth-order valence-corrected chi connectivity index (χ4v) is 1.26. The van der Waals surface area contributed by atoms with Crippen LogP contribution in [0.5, 0.6) is 5.88 Å². The van der Waals surface area contributed by atoms with Gasteiger partial charge in [-0.2, -0.15) is 4.98 Å². The van der Waals surface area contributed by atoms with Gasteiger partial charge in [0.1, 0.15) is 5.69 Å². The lowest BCUT2D eigenvalue weighted by Crippen LogP contribution is -2.32. The average Bonchev–Trinajstić information content (AvgIpc) is 2.89. The molecule has 0 aromatic carbocycles. The molecule has 1 atom stereocenters. The SMILES string of the molecule is CCC(C)(N)c1nc(-c2ccc(OC)nn2)no1. The molecule has 0 spiro atoms. The number of rotatable bonds is 4. The zero-order chi connectivity index (χ0) is 13.2. The Kier molecular flexibility index (Phi) is 3.24. The molecule has 0 amide bonds. The van der Waals surface area contributed by atoms with E-state index in [4.69, 9.17) is 15.0 Å². The smallest absolute Gasteiger partial charge is 0.246 e. The lowest BCUT2D eigenvalue weighted by atomic mass is 10.0. The number of hydrogen-bond donors (Lipinski definition) is 1. The third-order valence-electron chi connectivity index (χ3n) is 2.73. The molecule has 1 unspecified atom stereocenters. The first-order valence-corrected chi connectivity index (χ1v) is 5.58. The van der Waals surface area contributed by atoms with Gasteiger partial charge in [-0.3, -0.25) is 0 Å². The van der Waals surface area contributed by atoms with Crippen molar-refractivity contribution >= 4 is 0 Å². The summed E-state index contributed by atoms with van der Waals surface area (Å²) >= 11 is 0. The molecule has 0 bridgehead atoms. The van der Waals surface area contributed by atoms with Gasteiger partial charge in [-0.05, 0) is 19.4 Å². The van der Waals surface area contributed by atoms with Gasteiger partial charge in [-0.1, -0.05) is 12.1 Å². The number of ether oxygens (including phenoxy) is 1. The Bertz CT molecular complexity index is 520. The van der Waals surface area contributed by atoms with Crippen molar-refractivity contribution in [1.29, 1.82) is 0 Å². The maximum atomic E-state index is 6.02. The van der Waals surface area contributed by atoms with Crippen molar-refractivity contribution in [3.8, 4) is 17.4 Å². The van der Waals surface area contributed by atoms with E-state index in [0.29, 0.717) is 29.7 Å². The van der Waals surface area contributed by atoms with Gasteiger partial charge in [-0.15, -0.1) is 10.2 Å². The Morgan fingerprint density at radius 3 is 2.72 bits per heavy atom. The predicted octanol–water partition coefficient (Wildman–Crippen LogP) is 1.12. The summed E-state index contributed by atoms with van der Waals surface area (Å²) in [6.07, 6.45) is 0.697. The Hall–Kier alpha value is -2.02. The summed E-state index contributed by atoms with van der Waals surface area (Å²) in [5, 5.41) is 11.6. The van der Waals surface area contributed by atoms with Crippen molar-refractivity contribution in [2.75, 3.05) is 7.11 Å². The van der Waals surface area contributed by atoms with Crippen molar-refractivity contribution in [3.63, 3.8) is 0 Å². The van der Waals surface area contributed by atoms with Crippen molar-refractivity contribution in [1.82, 2.24) is 20.3 Å². The van der Waals surface area contributed by atoms with E-state index in [-0.39, 0.29) is 0 Å². The Labute approximate surface area is 104 Å². The first-order chi connectivity index (χ1) is 8.56. The third kappa shape index (κ3) is 2.30. The van der Waals surface area contributed by atoms with Crippen LogP contribution in [-0.2, 0) is 5.54 Å². The van der Waals surface area contributed by atoms with E-state index in [9.17, 15) is 0 Å². The molecule has 0 aliphatic carbocycles. The molecule has 7 nitrogen and oxygen atoms in total. The van der Waals surface area contributed by atoms with Crippen molar-refractivity contribution in [2.24, 2.45) is 5.73 Å². The predicted molar refractivity (Wildman–Crippen MR) is 63.7 cm³/mol. The van der Waals surface area contributed by atoms with E-state index < -0.39 is 5.54 Å². The summed E-state index contributed by atoms with van der Waals surface area (Å²) < 4.78 is 10.1. The summed E-state index contributed by atoms with van der Waals surface area (Å²) in [7, 11) is 1.53. The largest absolute Gasteiger partial charge is 0.480 e. The molecule has 2 N–H and O–H groups in total. The molecule has 0 saturated heterocycles. The molecule has 2 rings (SSSR count). The maximum absolute atomic E-state index is 6.02. The Morgan fingerprint density at radius 1 is 1.39 bits per heavy atom. The molecule has 0 saturated carbocycles. The third-order valence-corrected chi connectivity index (χ3v) is 2.73. The highest BCUT2D eigenvalue weighted by molar-refractivity contribution is 5.47. The van der Waals surface area contributed by atoms with Crippen LogP contribution in [0.1, 0.15) is 26.2 Å². The minimum absolute atomic E-state index is 0.366. The number of methoxy groups -OCH3 is 1. The van der Waals surface area contributed by atoms with Gasteiger partial charge >= 0.3 is 0 Å². The van der Waals surface area contributed by atoms with Crippen molar-refractivity contribution in [3.05, 3.63) is 18.0 Å². The second kappa shape index (κ2) is 4.69. The van der Waals surface area contributed by atoms with Gasteiger partial charge in [0.2, 0.25) is 17.6 Å². The maximum Gasteiger partial charge on any atom is 0.246 e. The van der Waals surface area contributed by atoms with E-state index in [0.717, 1.165) is 0 Å². The van der Waals surface area contributed by atoms with Gasteiger partial charge in [0, 0.05) is 6.07 Å². The quantitative estimate of drug-likeness (QED) is 0.866.